The SMILES string of the molecule is CC(=O)OC(C)CC1OC1C(C)O. The normalized spacial score (nSPS) is 30.8. The van der Waals surface area contributed by atoms with Gasteiger partial charge in [-0.15, -0.1) is 0 Å². The van der Waals surface area contributed by atoms with Gasteiger partial charge in [0, 0.05) is 13.3 Å². The van der Waals surface area contributed by atoms with E-state index in [-0.39, 0.29) is 24.3 Å². The smallest absolute Gasteiger partial charge is 0.302 e. The maximum absolute atomic E-state index is 10.6. The van der Waals surface area contributed by atoms with Gasteiger partial charge in [-0.05, 0) is 13.8 Å². The van der Waals surface area contributed by atoms with Crippen molar-refractivity contribution in [3.05, 3.63) is 0 Å². The Hall–Kier alpha value is -0.610. The van der Waals surface area contributed by atoms with Crippen LogP contribution in [0.25, 0.3) is 0 Å². The van der Waals surface area contributed by atoms with Crippen LogP contribution in [0.4, 0.5) is 0 Å². The Bertz CT molecular complexity index is 190. The first kappa shape index (κ1) is 10.5. The van der Waals surface area contributed by atoms with Gasteiger partial charge in [0.15, 0.2) is 0 Å². The van der Waals surface area contributed by atoms with Gasteiger partial charge >= 0.3 is 5.97 Å². The topological polar surface area (TPSA) is 59.1 Å². The van der Waals surface area contributed by atoms with Gasteiger partial charge in [-0.25, -0.2) is 0 Å². The molecule has 13 heavy (non-hydrogen) atoms. The summed E-state index contributed by atoms with van der Waals surface area (Å²) in [5.74, 6) is -0.276. The fourth-order valence-electron chi connectivity index (χ4n) is 1.43. The molecule has 0 saturated carbocycles. The number of rotatable bonds is 4. The fraction of sp³-hybridized carbons (Fsp3) is 0.889. The van der Waals surface area contributed by atoms with Crippen molar-refractivity contribution >= 4 is 5.97 Å². The molecule has 76 valence electrons. The van der Waals surface area contributed by atoms with Gasteiger partial charge in [0.1, 0.15) is 12.2 Å². The molecule has 0 spiro atoms. The van der Waals surface area contributed by atoms with E-state index in [2.05, 4.69) is 0 Å². The van der Waals surface area contributed by atoms with E-state index in [0.717, 1.165) is 0 Å². The molecule has 0 bridgehead atoms. The average molecular weight is 188 g/mol. The van der Waals surface area contributed by atoms with E-state index < -0.39 is 6.10 Å². The lowest BCUT2D eigenvalue weighted by atomic mass is 10.1. The molecule has 0 aliphatic carbocycles. The Morgan fingerprint density at radius 3 is 2.62 bits per heavy atom. The zero-order chi connectivity index (χ0) is 10.0. The third-order valence-electron chi connectivity index (χ3n) is 2.03. The predicted octanol–water partition coefficient (Wildman–Crippen LogP) is 0.476. The number of esters is 1. The molecule has 4 unspecified atom stereocenters. The Balaban J connectivity index is 2.16. The molecule has 0 aromatic heterocycles. The second kappa shape index (κ2) is 4.07. The molecular formula is C9H16O4. The predicted molar refractivity (Wildman–Crippen MR) is 46.2 cm³/mol. The summed E-state index contributed by atoms with van der Waals surface area (Å²) in [6.07, 6.45) is 0.0722. The third-order valence-corrected chi connectivity index (χ3v) is 2.03. The quantitative estimate of drug-likeness (QED) is 0.515. The minimum Gasteiger partial charge on any atom is -0.463 e. The molecule has 1 aliphatic heterocycles. The first-order chi connectivity index (χ1) is 6.00. The van der Waals surface area contributed by atoms with Crippen LogP contribution in [0.1, 0.15) is 27.2 Å². The van der Waals surface area contributed by atoms with Crippen LogP contribution in [0.2, 0.25) is 0 Å². The first-order valence-corrected chi connectivity index (χ1v) is 4.51. The summed E-state index contributed by atoms with van der Waals surface area (Å²) in [6.45, 7) is 4.90. The van der Waals surface area contributed by atoms with E-state index in [1.807, 2.05) is 6.92 Å². The lowest BCUT2D eigenvalue weighted by Crippen LogP contribution is -2.18. The number of hydrogen-bond acceptors (Lipinski definition) is 4. The highest BCUT2D eigenvalue weighted by atomic mass is 16.6. The van der Waals surface area contributed by atoms with Gasteiger partial charge in [-0.2, -0.15) is 0 Å². The standard InChI is InChI=1S/C9H16O4/c1-5(12-7(3)11)4-8-9(13-8)6(2)10/h5-6,8-10H,4H2,1-3H3. The molecule has 1 aliphatic rings. The van der Waals surface area contributed by atoms with Gasteiger partial charge in [0.25, 0.3) is 0 Å². The number of aliphatic hydroxyl groups is 1. The molecule has 0 radical (unpaired) electrons. The van der Waals surface area contributed by atoms with E-state index in [4.69, 9.17) is 14.6 Å². The Labute approximate surface area is 77.8 Å². The molecule has 4 heteroatoms. The van der Waals surface area contributed by atoms with Crippen LogP contribution in [0.3, 0.4) is 0 Å². The minimum absolute atomic E-state index is 0.0503. The number of hydrogen-bond donors (Lipinski definition) is 1. The van der Waals surface area contributed by atoms with E-state index in [1.54, 1.807) is 6.92 Å². The molecule has 1 rings (SSSR count). The van der Waals surface area contributed by atoms with Crippen LogP contribution in [-0.2, 0) is 14.3 Å². The summed E-state index contributed by atoms with van der Waals surface area (Å²) >= 11 is 0. The summed E-state index contributed by atoms with van der Waals surface area (Å²) < 4.78 is 10.1. The summed E-state index contributed by atoms with van der Waals surface area (Å²) in [7, 11) is 0. The maximum atomic E-state index is 10.6. The van der Waals surface area contributed by atoms with Gasteiger partial charge in [0.05, 0.1) is 12.2 Å². The molecule has 1 heterocycles. The molecule has 4 nitrogen and oxygen atoms in total. The zero-order valence-corrected chi connectivity index (χ0v) is 8.19. The molecule has 0 aromatic carbocycles. The third kappa shape index (κ3) is 3.32. The lowest BCUT2D eigenvalue weighted by Gasteiger charge is -2.09. The van der Waals surface area contributed by atoms with Crippen LogP contribution in [0, 0.1) is 0 Å². The Kier molecular flexibility index (Phi) is 3.27. The molecule has 0 aromatic rings. The van der Waals surface area contributed by atoms with Crippen molar-refractivity contribution < 1.29 is 19.4 Å². The Morgan fingerprint density at radius 2 is 2.23 bits per heavy atom. The van der Waals surface area contributed by atoms with E-state index in [9.17, 15) is 4.79 Å². The van der Waals surface area contributed by atoms with Crippen LogP contribution >= 0.6 is 0 Å². The molecule has 4 atom stereocenters. The number of ether oxygens (including phenoxy) is 2. The first-order valence-electron chi connectivity index (χ1n) is 4.51. The number of aliphatic hydroxyl groups excluding tert-OH is 1. The molecular weight excluding hydrogens is 172 g/mol. The van der Waals surface area contributed by atoms with Crippen LogP contribution in [-0.4, -0.2) is 35.5 Å². The largest absolute Gasteiger partial charge is 0.463 e. The lowest BCUT2D eigenvalue weighted by molar-refractivity contribution is -0.145. The highest BCUT2D eigenvalue weighted by Gasteiger charge is 2.43. The molecule has 1 N–H and O–H groups in total. The summed E-state index contributed by atoms with van der Waals surface area (Å²) in [6, 6.07) is 0. The van der Waals surface area contributed by atoms with Crippen molar-refractivity contribution in [1.29, 1.82) is 0 Å². The van der Waals surface area contributed by atoms with Gasteiger partial charge in [0.2, 0.25) is 0 Å². The van der Waals surface area contributed by atoms with Crippen LogP contribution in [0.5, 0.6) is 0 Å². The van der Waals surface area contributed by atoms with E-state index in [0.29, 0.717) is 6.42 Å². The fourth-order valence-corrected chi connectivity index (χ4v) is 1.43. The molecule has 1 fully saturated rings. The molecule has 0 amide bonds. The van der Waals surface area contributed by atoms with Crippen molar-refractivity contribution in [2.45, 2.75) is 51.6 Å². The van der Waals surface area contributed by atoms with E-state index >= 15 is 0 Å². The summed E-state index contributed by atoms with van der Waals surface area (Å²) in [5.41, 5.74) is 0. The van der Waals surface area contributed by atoms with Crippen molar-refractivity contribution in [3.8, 4) is 0 Å². The van der Waals surface area contributed by atoms with Crippen molar-refractivity contribution in [2.75, 3.05) is 0 Å². The van der Waals surface area contributed by atoms with Crippen molar-refractivity contribution in [3.63, 3.8) is 0 Å². The van der Waals surface area contributed by atoms with Crippen molar-refractivity contribution in [2.24, 2.45) is 0 Å². The van der Waals surface area contributed by atoms with E-state index in [1.165, 1.54) is 6.92 Å². The Morgan fingerprint density at radius 1 is 1.62 bits per heavy atom. The second-order valence-electron chi connectivity index (χ2n) is 3.54. The average Bonchev–Trinajstić information content (AvgIpc) is 2.64. The highest BCUT2D eigenvalue weighted by molar-refractivity contribution is 5.66. The minimum atomic E-state index is -0.436. The zero-order valence-electron chi connectivity index (χ0n) is 8.19. The van der Waals surface area contributed by atoms with Gasteiger partial charge < -0.3 is 14.6 Å². The number of epoxide rings is 1. The van der Waals surface area contributed by atoms with Crippen LogP contribution in [0.15, 0.2) is 0 Å². The summed E-state index contributed by atoms with van der Waals surface area (Å²) in [5, 5.41) is 9.12. The number of carbonyl (C=O) groups is 1. The number of carbonyl (C=O) groups excluding carboxylic acids is 1. The molecule has 1 saturated heterocycles. The van der Waals surface area contributed by atoms with Gasteiger partial charge in [-0.1, -0.05) is 0 Å². The van der Waals surface area contributed by atoms with Crippen LogP contribution < -0.4 is 0 Å². The monoisotopic (exact) mass is 188 g/mol. The summed E-state index contributed by atoms with van der Waals surface area (Å²) in [4.78, 5) is 10.6. The van der Waals surface area contributed by atoms with Gasteiger partial charge in [-0.3, -0.25) is 4.79 Å². The second-order valence-corrected chi connectivity index (χ2v) is 3.54. The van der Waals surface area contributed by atoms with Crippen molar-refractivity contribution in [1.82, 2.24) is 0 Å². The maximum Gasteiger partial charge on any atom is 0.302 e. The highest BCUT2D eigenvalue weighted by Crippen LogP contribution is 2.29.